The maximum atomic E-state index is 14.3. The van der Waals surface area contributed by atoms with Gasteiger partial charge in [0.05, 0.1) is 19.5 Å². The average Bonchev–Trinajstić information content (AvgIpc) is 3.92. The molecule has 0 radical (unpaired) electrons. The third kappa shape index (κ3) is 13.2. The summed E-state index contributed by atoms with van der Waals surface area (Å²) in [6.07, 6.45) is -11.7. The van der Waals surface area contributed by atoms with Gasteiger partial charge in [0.25, 0.3) is 0 Å². The number of carbonyl (C=O) groups excluding carboxylic acids is 2. The first-order chi connectivity index (χ1) is 31.9. The molecule has 0 aliphatic carbocycles. The van der Waals surface area contributed by atoms with E-state index in [1.807, 2.05) is 20.8 Å². The molecule has 4 aromatic rings. The van der Waals surface area contributed by atoms with Crippen LogP contribution in [0, 0.1) is 0 Å². The summed E-state index contributed by atoms with van der Waals surface area (Å²) in [5, 5.41) is 26.5. The van der Waals surface area contributed by atoms with Crippen LogP contribution in [0.1, 0.15) is 38.8 Å². The summed E-state index contributed by atoms with van der Waals surface area (Å²) in [6, 6.07) is 5.95. The van der Waals surface area contributed by atoms with E-state index in [2.05, 4.69) is 34.5 Å². The topological polar surface area (TPSA) is 417 Å². The number of azide groups is 1. The second-order valence-corrected chi connectivity index (χ2v) is 21.6. The van der Waals surface area contributed by atoms with Crippen LogP contribution >= 0.6 is 37.2 Å². The summed E-state index contributed by atoms with van der Waals surface area (Å²) in [6.45, 7) is 3.50. The number of ether oxygens (including phenoxy) is 4. The van der Waals surface area contributed by atoms with Gasteiger partial charge in [-0.05, 0) is 17.2 Å². The number of imidazole rings is 1. The summed E-state index contributed by atoms with van der Waals surface area (Å²) in [5.41, 5.74) is 20.2. The first kappa shape index (κ1) is 52.4. The number of nitrogen functional groups attached to an aromatic ring is 2. The fourth-order valence-electron chi connectivity index (χ4n) is 6.55. The van der Waals surface area contributed by atoms with Crippen molar-refractivity contribution in [3.8, 4) is 0 Å². The number of carbonyl (C=O) groups is 2. The largest absolute Gasteiger partial charge is 0.472 e. The molecular weight excluding hydrogens is 987 g/mol. The van der Waals surface area contributed by atoms with E-state index >= 15 is 0 Å². The smallest absolute Gasteiger partial charge is 0.455 e. The lowest BCUT2D eigenvalue weighted by atomic mass is 10.1. The molecule has 1 aromatic carbocycles. The molecule has 33 heteroatoms. The van der Waals surface area contributed by atoms with E-state index < -0.39 is 102 Å². The zero-order valence-corrected chi connectivity index (χ0v) is 39.5. The third-order valence-electron chi connectivity index (χ3n) is 9.74. The highest BCUT2D eigenvalue weighted by Crippen LogP contribution is 2.50. The molecule has 29 nitrogen and oxygen atoms in total. The maximum Gasteiger partial charge on any atom is 0.472 e. The number of likely N-dealkylation sites (N-methyl/N-ethyl adjacent to an activating group) is 1. The molecule has 9 N–H and O–H groups in total. The van der Waals surface area contributed by atoms with Gasteiger partial charge in [-0.25, -0.2) is 38.5 Å². The zero-order valence-electron chi connectivity index (χ0n) is 36.1. The van der Waals surface area contributed by atoms with Crippen LogP contribution in [0.15, 0.2) is 59.1 Å². The Labute approximate surface area is 392 Å². The second-order valence-electron chi connectivity index (χ2n) is 15.8. The number of benzene rings is 1. The number of fused-ring (bicyclic) bond motifs is 1. The number of hydrogen-bond acceptors (Lipinski definition) is 23. The van der Waals surface area contributed by atoms with Crippen LogP contribution in [0.2, 0.25) is 0 Å². The molecule has 1 unspecified atom stereocenters. The number of rotatable bonds is 19. The van der Waals surface area contributed by atoms with Crippen LogP contribution in [0.25, 0.3) is 21.6 Å². The summed E-state index contributed by atoms with van der Waals surface area (Å²) in [7, 11) is -6.75. The first-order valence-electron chi connectivity index (χ1n) is 19.8. The van der Waals surface area contributed by atoms with Crippen LogP contribution < -0.4 is 17.2 Å². The molecule has 0 bridgehead atoms. The van der Waals surface area contributed by atoms with Gasteiger partial charge >= 0.3 is 33.4 Å². The molecule has 6 rings (SSSR count). The van der Waals surface area contributed by atoms with Gasteiger partial charge in [-0.15, -0.1) is 0 Å². The van der Waals surface area contributed by atoms with Gasteiger partial charge in [0.2, 0.25) is 0 Å². The molecule has 0 saturated carbocycles. The molecule has 68 heavy (non-hydrogen) atoms. The molecule has 0 spiro atoms. The lowest BCUT2D eigenvalue weighted by molar-refractivity contribution is -0.161. The Bertz CT molecular complexity index is 2650. The van der Waals surface area contributed by atoms with Crippen molar-refractivity contribution < 1.29 is 76.1 Å². The second kappa shape index (κ2) is 21.8. The Balaban J connectivity index is 1.24. The van der Waals surface area contributed by atoms with Gasteiger partial charge in [0, 0.05) is 34.3 Å². The van der Waals surface area contributed by atoms with E-state index in [1.165, 1.54) is 57.7 Å². The number of anilines is 2. The van der Waals surface area contributed by atoms with Crippen LogP contribution in [0.4, 0.5) is 22.1 Å². The first-order valence-corrected chi connectivity index (χ1v) is 25.1. The quantitative estimate of drug-likeness (QED) is 0.0176. The molecule has 2 fully saturated rings. The highest BCUT2D eigenvalue weighted by Gasteiger charge is 2.52. The van der Waals surface area contributed by atoms with Crippen LogP contribution in [0.5, 0.6) is 0 Å². The van der Waals surface area contributed by atoms with Gasteiger partial charge in [0.1, 0.15) is 60.8 Å². The maximum absolute atomic E-state index is 14.3. The van der Waals surface area contributed by atoms with Gasteiger partial charge in [-0.1, -0.05) is 71.7 Å². The molecular formula is C35H46N12O17P2S2. The van der Waals surface area contributed by atoms with Crippen molar-refractivity contribution in [1.29, 1.82) is 0 Å². The minimum atomic E-state index is -5.46. The third-order valence-corrected chi connectivity index (χ3v) is 14.5. The van der Waals surface area contributed by atoms with E-state index in [-0.39, 0.29) is 39.9 Å². The Kier molecular flexibility index (Phi) is 16.8. The lowest BCUT2D eigenvalue weighted by Crippen LogP contribution is -2.48. The minimum Gasteiger partial charge on any atom is -0.455 e. The molecule has 5 heterocycles. The molecule has 2 saturated heterocycles. The Hall–Kier alpha value is -4.94. The summed E-state index contributed by atoms with van der Waals surface area (Å²) >= 11 is 0. The molecule has 10 atom stereocenters. The Morgan fingerprint density at radius 1 is 0.985 bits per heavy atom. The highest BCUT2D eigenvalue weighted by atomic mass is 33.1. The van der Waals surface area contributed by atoms with E-state index in [4.69, 9.17) is 45.0 Å². The number of phosphoric acid groups is 2. The average molecular weight is 1030 g/mol. The standard InChI is InChI=1S/C35H46N12O17P2S2/c1-35(2,3)68-67-14-19(45(4)34(52)58-11-17-5-7-18(8-6-17)43-44-38)32(50)63-26-20(61-31(24(26)48)47-16-41-23-28(37)39-15-40-29(23)47)13-60-66(56,57)64-27-21(12-59-65(53,54)55)62-30(25(27)49)46-10-9-22(36)42-33(46)51/h5-10,15-16,19-21,24-27,30-31,48-49H,11-14H2,1-4H3,(H,56,57)(H2,36,42,51)(H2,37,39,40)(H2,53,54,55)/t19-,20+,21+,24+,25+,26+,27+,30+,31+/m0/s1. The molecule has 3 aromatic heterocycles. The normalized spacial score (nSPS) is 24.2. The van der Waals surface area contributed by atoms with Crippen LogP contribution in [-0.4, -0.2) is 144 Å². The van der Waals surface area contributed by atoms with E-state index in [1.54, 1.807) is 12.1 Å². The summed E-state index contributed by atoms with van der Waals surface area (Å²) in [5.74, 6) is -1.37. The number of aromatic nitrogens is 6. The summed E-state index contributed by atoms with van der Waals surface area (Å²) < 4.78 is 65.1. The number of phosphoric ester groups is 2. The van der Waals surface area contributed by atoms with Crippen LogP contribution in [-0.2, 0) is 53.1 Å². The number of esters is 1. The number of nitrogens with zero attached hydrogens (tertiary/aromatic N) is 10. The zero-order chi connectivity index (χ0) is 49.7. The van der Waals surface area contributed by atoms with Crippen molar-refractivity contribution >= 4 is 77.8 Å². The minimum absolute atomic E-state index is 0.0293. The van der Waals surface area contributed by atoms with E-state index in [9.17, 15) is 48.4 Å². The molecule has 2 aliphatic rings. The van der Waals surface area contributed by atoms with Crippen LogP contribution in [0.3, 0.4) is 0 Å². The van der Waals surface area contributed by atoms with Crippen molar-refractivity contribution in [2.24, 2.45) is 5.11 Å². The van der Waals surface area contributed by atoms with Crippen molar-refractivity contribution in [2.75, 3.05) is 37.5 Å². The molecule has 2 aliphatic heterocycles. The van der Waals surface area contributed by atoms with Crippen molar-refractivity contribution in [2.45, 2.75) is 87.2 Å². The number of aliphatic hydroxyl groups is 2. The monoisotopic (exact) mass is 1030 g/mol. The lowest BCUT2D eigenvalue weighted by Gasteiger charge is -2.29. The molecule has 370 valence electrons. The van der Waals surface area contributed by atoms with Gasteiger partial charge in [-0.2, -0.15) is 4.98 Å². The Morgan fingerprint density at radius 3 is 2.28 bits per heavy atom. The highest BCUT2D eigenvalue weighted by molar-refractivity contribution is 8.77. The van der Waals surface area contributed by atoms with Crippen molar-refractivity contribution in [1.82, 2.24) is 34.0 Å². The van der Waals surface area contributed by atoms with E-state index in [0.29, 0.717) is 11.3 Å². The fraction of sp³-hybridized carbons (Fsp3) is 0.514. The van der Waals surface area contributed by atoms with Gasteiger partial charge in [0.15, 0.2) is 30.0 Å². The fourth-order valence-corrected chi connectivity index (χ4v) is 10.4. The molecule has 1 amide bonds. The Morgan fingerprint density at radius 2 is 1.63 bits per heavy atom. The summed E-state index contributed by atoms with van der Waals surface area (Å²) in [4.78, 5) is 89.6. The van der Waals surface area contributed by atoms with Crippen molar-refractivity contribution in [3.63, 3.8) is 0 Å². The predicted molar refractivity (Wildman–Crippen MR) is 238 cm³/mol. The number of aliphatic hydroxyl groups excluding tert-OH is 2. The van der Waals surface area contributed by atoms with Crippen molar-refractivity contribution in [3.05, 3.63) is 75.7 Å². The number of amides is 1. The predicted octanol–water partition coefficient (Wildman–Crippen LogP) is 2.05. The SMILES string of the molecule is CN(C(=O)OCc1ccc(N=[N+]=[N-])cc1)[C@@H](CSSC(C)(C)C)C(=O)O[C@H]1[C@@H](O)[C@H](n2cnc3c(N)ncnc32)O[C@@H]1COP(=O)(O)O[C@H]1[C@@H](O)[C@H](n2ccc(N)nc2=O)O[C@@H]1COP(=O)(O)O. The van der Waals surface area contributed by atoms with E-state index in [0.717, 1.165) is 22.0 Å². The number of nitrogens with two attached hydrogens (primary N) is 2. The van der Waals surface area contributed by atoms with Gasteiger partial charge in [-0.3, -0.25) is 27.6 Å². The van der Waals surface area contributed by atoms with Gasteiger partial charge < -0.3 is 55.3 Å². The number of hydrogen-bond donors (Lipinski definition) is 7.